The van der Waals surface area contributed by atoms with Crippen molar-refractivity contribution < 1.29 is 4.79 Å². The SMILES string of the molecule is Cc1cccc(CCNC(=O)c2cccc(N)c2Cl)c1. The van der Waals surface area contributed by atoms with E-state index in [1.165, 1.54) is 11.1 Å². The number of nitrogens with one attached hydrogen (secondary N) is 1. The molecule has 0 aliphatic heterocycles. The summed E-state index contributed by atoms with van der Waals surface area (Å²) >= 11 is 6.02. The molecule has 0 heterocycles. The molecular formula is C16H17ClN2O. The minimum atomic E-state index is -0.199. The number of nitrogens with two attached hydrogens (primary N) is 1. The molecule has 0 unspecified atom stereocenters. The third kappa shape index (κ3) is 3.52. The van der Waals surface area contributed by atoms with Crippen LogP contribution in [-0.4, -0.2) is 12.5 Å². The Bertz CT molecular complexity index is 626. The first-order valence-electron chi connectivity index (χ1n) is 6.45. The molecule has 2 rings (SSSR count). The molecule has 2 aromatic carbocycles. The van der Waals surface area contributed by atoms with E-state index < -0.39 is 0 Å². The molecule has 4 heteroatoms. The predicted molar refractivity (Wildman–Crippen MR) is 83.1 cm³/mol. The zero-order valence-electron chi connectivity index (χ0n) is 11.3. The molecule has 3 N–H and O–H groups in total. The van der Waals surface area contributed by atoms with Crippen LogP contribution in [0.2, 0.25) is 5.02 Å². The van der Waals surface area contributed by atoms with Crippen LogP contribution in [0.25, 0.3) is 0 Å². The first-order valence-corrected chi connectivity index (χ1v) is 6.83. The molecule has 0 bridgehead atoms. The maximum absolute atomic E-state index is 12.0. The maximum Gasteiger partial charge on any atom is 0.252 e. The summed E-state index contributed by atoms with van der Waals surface area (Å²) in [5, 5.41) is 3.16. The van der Waals surface area contributed by atoms with Gasteiger partial charge in [0.15, 0.2) is 0 Å². The Kier molecular flexibility index (Phi) is 4.64. The Morgan fingerprint density at radius 3 is 2.75 bits per heavy atom. The molecule has 0 aliphatic carbocycles. The maximum atomic E-state index is 12.0. The second kappa shape index (κ2) is 6.44. The van der Waals surface area contributed by atoms with Crippen LogP contribution < -0.4 is 11.1 Å². The van der Waals surface area contributed by atoms with Gasteiger partial charge in [0.05, 0.1) is 16.3 Å². The van der Waals surface area contributed by atoms with Crippen LogP contribution in [-0.2, 0) is 6.42 Å². The van der Waals surface area contributed by atoms with Gasteiger partial charge < -0.3 is 11.1 Å². The lowest BCUT2D eigenvalue weighted by atomic mass is 10.1. The van der Waals surface area contributed by atoms with E-state index in [9.17, 15) is 4.79 Å². The zero-order chi connectivity index (χ0) is 14.5. The number of amides is 1. The highest BCUT2D eigenvalue weighted by atomic mass is 35.5. The van der Waals surface area contributed by atoms with Crippen LogP contribution in [0.1, 0.15) is 21.5 Å². The predicted octanol–water partition coefficient (Wildman–Crippen LogP) is 3.20. The molecule has 0 aliphatic rings. The Balaban J connectivity index is 1.94. The number of carbonyl (C=O) groups excluding carboxylic acids is 1. The number of anilines is 1. The van der Waals surface area contributed by atoms with Crippen molar-refractivity contribution in [1.29, 1.82) is 0 Å². The first kappa shape index (κ1) is 14.4. The highest BCUT2D eigenvalue weighted by Crippen LogP contribution is 2.22. The van der Waals surface area contributed by atoms with E-state index in [4.69, 9.17) is 17.3 Å². The van der Waals surface area contributed by atoms with Crippen LogP contribution in [0.4, 0.5) is 5.69 Å². The summed E-state index contributed by atoms with van der Waals surface area (Å²) in [5.74, 6) is -0.199. The molecule has 104 valence electrons. The summed E-state index contributed by atoms with van der Waals surface area (Å²) in [6.45, 7) is 2.61. The van der Waals surface area contributed by atoms with Gasteiger partial charge in [0, 0.05) is 6.54 Å². The van der Waals surface area contributed by atoms with Gasteiger partial charge in [-0.15, -0.1) is 0 Å². The third-order valence-corrected chi connectivity index (χ3v) is 3.48. The number of hydrogen-bond acceptors (Lipinski definition) is 2. The molecule has 0 saturated heterocycles. The summed E-state index contributed by atoms with van der Waals surface area (Å²) in [6, 6.07) is 13.3. The summed E-state index contributed by atoms with van der Waals surface area (Å²) in [6.07, 6.45) is 0.785. The molecule has 0 fully saturated rings. The van der Waals surface area contributed by atoms with Crippen molar-refractivity contribution in [3.63, 3.8) is 0 Å². The van der Waals surface area contributed by atoms with Crippen LogP contribution in [0.5, 0.6) is 0 Å². The summed E-state index contributed by atoms with van der Waals surface area (Å²) in [7, 11) is 0. The molecule has 0 atom stereocenters. The lowest BCUT2D eigenvalue weighted by Crippen LogP contribution is -2.26. The topological polar surface area (TPSA) is 55.1 Å². The van der Waals surface area contributed by atoms with E-state index in [1.807, 2.05) is 12.1 Å². The van der Waals surface area contributed by atoms with E-state index in [1.54, 1.807) is 18.2 Å². The zero-order valence-corrected chi connectivity index (χ0v) is 12.1. The van der Waals surface area contributed by atoms with E-state index in [0.717, 1.165) is 6.42 Å². The minimum Gasteiger partial charge on any atom is -0.398 e. The fourth-order valence-electron chi connectivity index (χ4n) is 2.01. The van der Waals surface area contributed by atoms with Gasteiger partial charge in [-0.05, 0) is 31.0 Å². The van der Waals surface area contributed by atoms with E-state index in [2.05, 4.69) is 24.4 Å². The molecule has 3 nitrogen and oxygen atoms in total. The first-order chi connectivity index (χ1) is 9.58. The van der Waals surface area contributed by atoms with Crippen molar-refractivity contribution in [3.05, 3.63) is 64.2 Å². The van der Waals surface area contributed by atoms with Crippen LogP contribution >= 0.6 is 11.6 Å². The number of halogens is 1. The van der Waals surface area contributed by atoms with Gasteiger partial charge in [-0.2, -0.15) is 0 Å². The lowest BCUT2D eigenvalue weighted by Gasteiger charge is -2.08. The molecule has 1 amide bonds. The minimum absolute atomic E-state index is 0.199. The van der Waals surface area contributed by atoms with E-state index in [0.29, 0.717) is 22.8 Å². The standard InChI is InChI=1S/C16H17ClN2O/c1-11-4-2-5-12(10-11)8-9-19-16(20)13-6-3-7-14(18)15(13)17/h2-7,10H,8-9,18H2,1H3,(H,19,20). The fraction of sp³-hybridized carbons (Fsp3) is 0.188. The second-order valence-electron chi connectivity index (χ2n) is 4.70. The smallest absolute Gasteiger partial charge is 0.252 e. The molecule has 0 saturated carbocycles. The van der Waals surface area contributed by atoms with Crippen molar-refractivity contribution in [2.75, 3.05) is 12.3 Å². The van der Waals surface area contributed by atoms with Gasteiger partial charge in [0.1, 0.15) is 0 Å². The molecular weight excluding hydrogens is 272 g/mol. The largest absolute Gasteiger partial charge is 0.398 e. The molecule has 0 aromatic heterocycles. The fourth-order valence-corrected chi connectivity index (χ4v) is 2.22. The monoisotopic (exact) mass is 288 g/mol. The van der Waals surface area contributed by atoms with E-state index >= 15 is 0 Å². The number of benzene rings is 2. The summed E-state index contributed by atoms with van der Waals surface area (Å²) < 4.78 is 0. The molecule has 0 radical (unpaired) electrons. The van der Waals surface area contributed by atoms with Gasteiger partial charge in [0.2, 0.25) is 0 Å². The third-order valence-electron chi connectivity index (χ3n) is 3.05. The number of rotatable bonds is 4. The molecule has 2 aromatic rings. The average Bonchev–Trinajstić information content (AvgIpc) is 2.42. The Morgan fingerprint density at radius 1 is 1.25 bits per heavy atom. The number of hydrogen-bond donors (Lipinski definition) is 2. The van der Waals surface area contributed by atoms with E-state index in [-0.39, 0.29) is 5.91 Å². The number of carbonyl (C=O) groups is 1. The Morgan fingerprint density at radius 2 is 2.00 bits per heavy atom. The van der Waals surface area contributed by atoms with Crippen molar-refractivity contribution in [3.8, 4) is 0 Å². The molecule has 20 heavy (non-hydrogen) atoms. The molecule has 0 spiro atoms. The van der Waals surface area contributed by atoms with Gasteiger partial charge in [-0.25, -0.2) is 0 Å². The summed E-state index contributed by atoms with van der Waals surface area (Å²) in [5.41, 5.74) is 8.92. The van der Waals surface area contributed by atoms with Crippen LogP contribution in [0.15, 0.2) is 42.5 Å². The normalized spacial score (nSPS) is 10.3. The number of nitrogen functional groups attached to an aromatic ring is 1. The number of aryl methyl sites for hydroxylation is 1. The quantitative estimate of drug-likeness (QED) is 0.849. The van der Waals surface area contributed by atoms with Gasteiger partial charge >= 0.3 is 0 Å². The highest BCUT2D eigenvalue weighted by molar-refractivity contribution is 6.36. The van der Waals surface area contributed by atoms with Gasteiger partial charge in [-0.1, -0.05) is 47.5 Å². The van der Waals surface area contributed by atoms with Crippen molar-refractivity contribution in [1.82, 2.24) is 5.32 Å². The second-order valence-corrected chi connectivity index (χ2v) is 5.08. The van der Waals surface area contributed by atoms with Crippen LogP contribution in [0, 0.1) is 6.92 Å². The van der Waals surface area contributed by atoms with Gasteiger partial charge in [0.25, 0.3) is 5.91 Å². The Hall–Kier alpha value is -2.00. The van der Waals surface area contributed by atoms with Gasteiger partial charge in [-0.3, -0.25) is 4.79 Å². The summed E-state index contributed by atoms with van der Waals surface area (Å²) in [4.78, 5) is 12.0. The van der Waals surface area contributed by atoms with Crippen molar-refractivity contribution in [2.45, 2.75) is 13.3 Å². The van der Waals surface area contributed by atoms with Crippen molar-refractivity contribution in [2.24, 2.45) is 0 Å². The van der Waals surface area contributed by atoms with Crippen molar-refractivity contribution >= 4 is 23.2 Å². The Labute approximate surface area is 123 Å². The lowest BCUT2D eigenvalue weighted by molar-refractivity contribution is 0.0954. The average molecular weight is 289 g/mol. The highest BCUT2D eigenvalue weighted by Gasteiger charge is 2.11. The van der Waals surface area contributed by atoms with Crippen LogP contribution in [0.3, 0.4) is 0 Å².